The summed E-state index contributed by atoms with van der Waals surface area (Å²) in [7, 11) is 0. The lowest BCUT2D eigenvalue weighted by molar-refractivity contribution is -0.137. The molecular formula is C28H16ClF8N5O2. The summed E-state index contributed by atoms with van der Waals surface area (Å²) in [5.74, 6) is -4.55. The molecule has 2 aromatic carbocycles. The maximum Gasteiger partial charge on any atom is 0.416 e. The van der Waals surface area contributed by atoms with E-state index in [9.17, 15) is 50.3 Å². The van der Waals surface area contributed by atoms with Crippen LogP contribution in [0.3, 0.4) is 0 Å². The van der Waals surface area contributed by atoms with E-state index in [1.165, 1.54) is 0 Å². The van der Waals surface area contributed by atoms with Crippen molar-refractivity contribution in [2.24, 2.45) is 9.98 Å². The van der Waals surface area contributed by atoms with Crippen molar-refractivity contribution in [2.75, 3.05) is 6.54 Å². The van der Waals surface area contributed by atoms with Crippen LogP contribution in [0.15, 0.2) is 52.4 Å². The summed E-state index contributed by atoms with van der Waals surface area (Å²) in [5, 5.41) is 20.0. The standard InChI is InChI=1S/C28H16ClF8N5O2/c29-19-6-14(30)1-2-17(19)25(43)23-18(8-38)24-21(41(11-22(33)34)27-39-9-16(32)10-42(24)27)7-20(23)40-26(44)12-3-13(28(35,36)37)5-15(31)4-12/h1-7,16,22,43H,9-11H2/b25-23+,40-20?. The molecule has 0 bridgehead atoms. The topological polar surface area (TPSA) is 95.7 Å². The lowest BCUT2D eigenvalue weighted by atomic mass is 10.0. The third-order valence-corrected chi connectivity index (χ3v) is 6.98. The monoisotopic (exact) mass is 641 g/mol. The molecule has 3 aliphatic rings. The summed E-state index contributed by atoms with van der Waals surface area (Å²) < 4.78 is 112. The number of fused-ring (bicyclic) bond motifs is 3. The van der Waals surface area contributed by atoms with Crippen LogP contribution in [-0.2, 0) is 19.3 Å². The highest BCUT2D eigenvalue weighted by Crippen LogP contribution is 2.31. The van der Waals surface area contributed by atoms with Crippen molar-refractivity contribution in [2.45, 2.75) is 31.9 Å². The zero-order valence-corrected chi connectivity index (χ0v) is 22.6. The number of nitriles is 1. The van der Waals surface area contributed by atoms with Gasteiger partial charge in [0.2, 0.25) is 5.62 Å². The highest BCUT2D eigenvalue weighted by atomic mass is 35.5. The van der Waals surface area contributed by atoms with Gasteiger partial charge >= 0.3 is 6.18 Å². The molecule has 5 rings (SSSR count). The molecule has 228 valence electrons. The maximum atomic E-state index is 14.5. The number of hydrogen-bond acceptors (Lipinski definition) is 4. The molecule has 1 atom stereocenters. The van der Waals surface area contributed by atoms with Gasteiger partial charge < -0.3 is 14.2 Å². The van der Waals surface area contributed by atoms with E-state index in [1.54, 1.807) is 6.07 Å². The Bertz CT molecular complexity index is 2030. The van der Waals surface area contributed by atoms with Crippen LogP contribution < -0.4 is 16.2 Å². The van der Waals surface area contributed by atoms with Crippen LogP contribution in [0.2, 0.25) is 5.02 Å². The Morgan fingerprint density at radius 2 is 1.89 bits per heavy atom. The van der Waals surface area contributed by atoms with E-state index in [0.717, 1.165) is 33.4 Å². The number of nitrogens with zero attached hydrogens (tertiary/aromatic N) is 5. The molecule has 16 heteroatoms. The number of alkyl halides is 6. The van der Waals surface area contributed by atoms with E-state index in [2.05, 4.69) is 9.98 Å². The van der Waals surface area contributed by atoms with Crippen molar-refractivity contribution in [1.29, 1.82) is 5.26 Å². The van der Waals surface area contributed by atoms with E-state index >= 15 is 0 Å². The lowest BCUT2D eigenvalue weighted by Crippen LogP contribution is -2.36. The Kier molecular flexibility index (Phi) is 7.98. The van der Waals surface area contributed by atoms with Crippen LogP contribution in [0.5, 0.6) is 0 Å². The van der Waals surface area contributed by atoms with Gasteiger partial charge in [0.15, 0.2) is 0 Å². The fourth-order valence-electron chi connectivity index (χ4n) is 4.88. The number of carbonyl (C=O) groups excluding carboxylic acids is 1. The van der Waals surface area contributed by atoms with Gasteiger partial charge in [-0.2, -0.15) is 18.4 Å². The number of hydrogen-bond donors (Lipinski definition) is 1. The van der Waals surface area contributed by atoms with Gasteiger partial charge in [-0.3, -0.25) is 4.79 Å². The average molecular weight is 642 g/mol. The highest BCUT2D eigenvalue weighted by Gasteiger charge is 2.33. The van der Waals surface area contributed by atoms with Gasteiger partial charge in [0.25, 0.3) is 12.3 Å². The smallest absolute Gasteiger partial charge is 0.416 e. The Morgan fingerprint density at radius 3 is 2.52 bits per heavy atom. The van der Waals surface area contributed by atoms with Gasteiger partial charge in [0.05, 0.1) is 57.7 Å². The first kappa shape index (κ1) is 30.7. The number of aliphatic hydroxyl groups is 1. The predicted molar refractivity (Wildman–Crippen MR) is 138 cm³/mol. The fraction of sp³-hybridized carbons (Fsp3) is 0.214. The molecule has 2 heterocycles. The minimum absolute atomic E-state index is 0.152. The molecule has 44 heavy (non-hydrogen) atoms. The number of aromatic nitrogens is 2. The second kappa shape index (κ2) is 11.4. The van der Waals surface area contributed by atoms with Gasteiger partial charge in [-0.25, -0.2) is 31.9 Å². The molecule has 1 N–H and O–H groups in total. The molecular weight excluding hydrogens is 626 g/mol. The predicted octanol–water partition coefficient (Wildman–Crippen LogP) is 4.91. The van der Waals surface area contributed by atoms with Crippen molar-refractivity contribution in [1.82, 2.24) is 9.13 Å². The third kappa shape index (κ3) is 5.64. The Hall–Kier alpha value is -4.71. The van der Waals surface area contributed by atoms with E-state index in [0.29, 0.717) is 12.1 Å². The minimum Gasteiger partial charge on any atom is -0.507 e. The van der Waals surface area contributed by atoms with Gasteiger partial charge in [0, 0.05) is 11.1 Å². The summed E-state index contributed by atoms with van der Waals surface area (Å²) >= 11 is 6.11. The van der Waals surface area contributed by atoms with Gasteiger partial charge in [-0.15, -0.1) is 0 Å². The molecule has 1 unspecified atom stereocenters. The van der Waals surface area contributed by atoms with Crippen molar-refractivity contribution in [3.8, 4) is 17.5 Å². The molecule has 0 aromatic heterocycles. The van der Waals surface area contributed by atoms with E-state index in [4.69, 9.17) is 11.6 Å². The van der Waals surface area contributed by atoms with Gasteiger partial charge in [0.1, 0.15) is 29.6 Å². The fourth-order valence-corrected chi connectivity index (χ4v) is 5.14. The van der Waals surface area contributed by atoms with Crippen LogP contribution in [0, 0.1) is 23.0 Å². The number of amides is 1. The maximum absolute atomic E-state index is 14.5. The molecule has 2 aliphatic heterocycles. The molecule has 0 fully saturated rings. The first-order valence-electron chi connectivity index (χ1n) is 12.5. The zero-order chi connectivity index (χ0) is 32.1. The Balaban J connectivity index is 1.95. The number of aliphatic hydroxyl groups excluding tert-OH is 1. The minimum atomic E-state index is -5.04. The van der Waals surface area contributed by atoms with Crippen molar-refractivity contribution in [3.05, 3.63) is 97.6 Å². The molecule has 0 saturated carbocycles. The first-order chi connectivity index (χ1) is 20.7. The van der Waals surface area contributed by atoms with Crippen LogP contribution in [0.25, 0.3) is 17.1 Å². The quantitative estimate of drug-likeness (QED) is 0.321. The third-order valence-electron chi connectivity index (χ3n) is 6.66. The SMILES string of the molecule is N#Cc1c2n3c(n(CC(F)F)c-2cc(=NC(=O)c2cc(F)cc(C(F)(F)F)c2)/c1=C(/O)c1ccc(F)cc1Cl)=NCC(F)C3. The second-order valence-corrected chi connectivity index (χ2v) is 10.00. The van der Waals surface area contributed by atoms with Crippen molar-refractivity contribution in [3.63, 3.8) is 0 Å². The number of imidazole rings is 1. The number of carbonyl (C=O) groups is 1. The summed E-state index contributed by atoms with van der Waals surface area (Å²) in [5.41, 5.74) is -3.75. The Labute approximate surface area is 246 Å². The normalized spacial score (nSPS) is 16.1. The van der Waals surface area contributed by atoms with Crippen LogP contribution in [-0.4, -0.2) is 39.3 Å². The zero-order valence-electron chi connectivity index (χ0n) is 21.8. The number of rotatable bonds is 4. The highest BCUT2D eigenvalue weighted by molar-refractivity contribution is 6.32. The average Bonchev–Trinajstić information content (AvgIpc) is 3.22. The van der Waals surface area contributed by atoms with Gasteiger partial charge in [-0.05, 0) is 42.5 Å². The summed E-state index contributed by atoms with van der Waals surface area (Å²) in [6.07, 6.45) is -9.60. The van der Waals surface area contributed by atoms with E-state index in [1.807, 2.05) is 0 Å². The van der Waals surface area contributed by atoms with Crippen LogP contribution >= 0.6 is 11.6 Å². The molecule has 1 amide bonds. The summed E-state index contributed by atoms with van der Waals surface area (Å²) in [6, 6.07) is 6.43. The van der Waals surface area contributed by atoms with Crippen LogP contribution in [0.1, 0.15) is 27.0 Å². The lowest BCUT2D eigenvalue weighted by Gasteiger charge is -2.15. The Morgan fingerprint density at radius 1 is 1.16 bits per heavy atom. The molecule has 0 radical (unpaired) electrons. The van der Waals surface area contributed by atoms with E-state index in [-0.39, 0.29) is 33.7 Å². The van der Waals surface area contributed by atoms with Crippen molar-refractivity contribution >= 4 is 23.3 Å². The number of benzene rings is 3. The van der Waals surface area contributed by atoms with Gasteiger partial charge in [-0.1, -0.05) is 11.6 Å². The molecule has 0 spiro atoms. The summed E-state index contributed by atoms with van der Waals surface area (Å²) in [6.45, 7) is -1.83. The molecule has 0 saturated heterocycles. The first-order valence-corrected chi connectivity index (χ1v) is 12.9. The molecule has 1 aliphatic carbocycles. The summed E-state index contributed by atoms with van der Waals surface area (Å²) in [4.78, 5) is 20.9. The second-order valence-electron chi connectivity index (χ2n) is 9.59. The largest absolute Gasteiger partial charge is 0.507 e. The molecule has 7 nitrogen and oxygen atoms in total. The van der Waals surface area contributed by atoms with Crippen molar-refractivity contribution < 1.29 is 45.0 Å². The van der Waals surface area contributed by atoms with Crippen LogP contribution in [0.4, 0.5) is 35.1 Å². The van der Waals surface area contributed by atoms with E-state index < -0.39 is 89.0 Å². The number of halogens is 9. The molecule has 2 aromatic rings.